The molecule has 2 N–H and O–H groups in total. The lowest BCUT2D eigenvalue weighted by Gasteiger charge is -2.07. The van der Waals surface area contributed by atoms with Crippen LogP contribution >= 0.6 is 15.9 Å². The highest BCUT2D eigenvalue weighted by atomic mass is 79.9. The summed E-state index contributed by atoms with van der Waals surface area (Å²) in [6.07, 6.45) is 0. The maximum absolute atomic E-state index is 11.9. The first-order valence-corrected chi connectivity index (χ1v) is 7.51. The third kappa shape index (κ3) is 4.07. The number of rotatable bonds is 5. The molecule has 1 aromatic carbocycles. The topological polar surface area (TPSA) is 71.3 Å². The van der Waals surface area contributed by atoms with Gasteiger partial charge in [-0.1, -0.05) is 29.8 Å². The SMILES string of the molecule is CC(C)C(=O)NCCNC(=O)c1cc2cc(Br)ccc2o1. The van der Waals surface area contributed by atoms with Crippen LogP contribution in [-0.4, -0.2) is 24.9 Å². The maximum Gasteiger partial charge on any atom is 0.287 e. The van der Waals surface area contributed by atoms with Gasteiger partial charge in [-0.2, -0.15) is 0 Å². The lowest BCUT2D eigenvalue weighted by molar-refractivity contribution is -0.123. The minimum Gasteiger partial charge on any atom is -0.451 e. The fourth-order valence-corrected chi connectivity index (χ4v) is 2.16. The Balaban J connectivity index is 1.89. The van der Waals surface area contributed by atoms with E-state index >= 15 is 0 Å². The van der Waals surface area contributed by atoms with Crippen molar-refractivity contribution in [1.82, 2.24) is 10.6 Å². The molecule has 0 saturated carbocycles. The summed E-state index contributed by atoms with van der Waals surface area (Å²) in [6.45, 7) is 4.40. The van der Waals surface area contributed by atoms with Crippen LogP contribution in [0.4, 0.5) is 0 Å². The Kier molecular flexibility index (Phi) is 5.01. The molecule has 0 radical (unpaired) electrons. The van der Waals surface area contributed by atoms with E-state index in [0.717, 1.165) is 9.86 Å². The number of halogens is 1. The molecule has 0 atom stereocenters. The van der Waals surface area contributed by atoms with E-state index in [1.54, 1.807) is 12.1 Å². The minimum absolute atomic E-state index is 0.0298. The molecule has 2 amide bonds. The van der Waals surface area contributed by atoms with Crippen LogP contribution in [0.3, 0.4) is 0 Å². The first kappa shape index (κ1) is 15.6. The van der Waals surface area contributed by atoms with Crippen LogP contribution in [0, 0.1) is 5.92 Å². The molecule has 1 aromatic heterocycles. The summed E-state index contributed by atoms with van der Waals surface area (Å²) in [5, 5.41) is 6.31. The highest BCUT2D eigenvalue weighted by Crippen LogP contribution is 2.23. The predicted molar refractivity (Wildman–Crippen MR) is 84.1 cm³/mol. The number of carbonyl (C=O) groups is 2. The van der Waals surface area contributed by atoms with Crippen molar-refractivity contribution in [2.45, 2.75) is 13.8 Å². The second-order valence-electron chi connectivity index (χ2n) is 4.99. The molecule has 2 aromatic rings. The second kappa shape index (κ2) is 6.76. The van der Waals surface area contributed by atoms with Gasteiger partial charge in [0.2, 0.25) is 5.91 Å². The van der Waals surface area contributed by atoms with Crippen LogP contribution in [0.25, 0.3) is 11.0 Å². The van der Waals surface area contributed by atoms with Crippen molar-refractivity contribution in [1.29, 1.82) is 0 Å². The van der Waals surface area contributed by atoms with Crippen LogP contribution in [0.2, 0.25) is 0 Å². The average Bonchev–Trinajstić information content (AvgIpc) is 2.85. The van der Waals surface area contributed by atoms with Crippen molar-refractivity contribution >= 4 is 38.7 Å². The van der Waals surface area contributed by atoms with Crippen molar-refractivity contribution in [2.75, 3.05) is 13.1 Å². The molecule has 21 heavy (non-hydrogen) atoms. The van der Waals surface area contributed by atoms with Gasteiger partial charge in [-0.25, -0.2) is 0 Å². The molecule has 0 aliphatic carbocycles. The van der Waals surface area contributed by atoms with Crippen LogP contribution in [-0.2, 0) is 4.79 Å². The van der Waals surface area contributed by atoms with Crippen molar-refractivity contribution in [2.24, 2.45) is 5.92 Å². The Bertz CT molecular complexity index is 664. The molecule has 112 valence electrons. The molecule has 2 rings (SSSR count). The molecule has 0 saturated heterocycles. The molecule has 0 bridgehead atoms. The standard InChI is InChI=1S/C15H17BrN2O3/c1-9(2)14(19)17-5-6-18-15(20)13-8-10-7-11(16)3-4-12(10)21-13/h3-4,7-9H,5-6H2,1-2H3,(H,17,19)(H,18,20). The number of fused-ring (bicyclic) bond motifs is 1. The highest BCUT2D eigenvalue weighted by molar-refractivity contribution is 9.10. The van der Waals surface area contributed by atoms with E-state index in [0.29, 0.717) is 18.7 Å². The smallest absolute Gasteiger partial charge is 0.287 e. The average molecular weight is 353 g/mol. The summed E-state index contributed by atoms with van der Waals surface area (Å²) < 4.78 is 6.41. The van der Waals surface area contributed by atoms with Crippen molar-refractivity contribution < 1.29 is 14.0 Å². The third-order valence-corrected chi connectivity index (χ3v) is 3.43. The first-order chi connectivity index (χ1) is 9.97. The molecular weight excluding hydrogens is 336 g/mol. The number of benzene rings is 1. The number of furan rings is 1. The quantitative estimate of drug-likeness (QED) is 0.812. The van der Waals surface area contributed by atoms with Crippen LogP contribution in [0.1, 0.15) is 24.4 Å². The van der Waals surface area contributed by atoms with Gasteiger partial charge in [0.1, 0.15) is 5.58 Å². The van der Waals surface area contributed by atoms with E-state index in [9.17, 15) is 9.59 Å². The van der Waals surface area contributed by atoms with Crippen LogP contribution in [0.15, 0.2) is 33.2 Å². The predicted octanol–water partition coefficient (Wildman–Crippen LogP) is 2.70. The van der Waals surface area contributed by atoms with Gasteiger partial charge in [-0.15, -0.1) is 0 Å². The number of carbonyl (C=O) groups excluding carboxylic acids is 2. The van der Waals surface area contributed by atoms with Gasteiger partial charge in [0, 0.05) is 28.9 Å². The molecule has 1 heterocycles. The van der Waals surface area contributed by atoms with E-state index in [-0.39, 0.29) is 23.5 Å². The Morgan fingerprint density at radius 2 is 1.90 bits per heavy atom. The van der Waals surface area contributed by atoms with Gasteiger partial charge in [0.15, 0.2) is 5.76 Å². The summed E-state index contributed by atoms with van der Waals surface area (Å²) in [7, 11) is 0. The number of amides is 2. The molecule has 0 fully saturated rings. The summed E-state index contributed by atoms with van der Waals surface area (Å²) >= 11 is 3.37. The lowest BCUT2D eigenvalue weighted by Crippen LogP contribution is -2.36. The normalized spacial score (nSPS) is 10.9. The van der Waals surface area contributed by atoms with E-state index < -0.39 is 0 Å². The summed E-state index contributed by atoms with van der Waals surface area (Å²) in [5.74, 6) is -0.119. The van der Waals surface area contributed by atoms with Gasteiger partial charge in [-0.05, 0) is 24.3 Å². The lowest BCUT2D eigenvalue weighted by atomic mass is 10.2. The van der Waals surface area contributed by atoms with Crippen molar-refractivity contribution in [3.8, 4) is 0 Å². The van der Waals surface area contributed by atoms with Gasteiger partial charge in [-0.3, -0.25) is 9.59 Å². The van der Waals surface area contributed by atoms with Gasteiger partial charge < -0.3 is 15.1 Å². The molecule has 0 unspecified atom stereocenters. The largest absolute Gasteiger partial charge is 0.451 e. The number of hydrogen-bond donors (Lipinski definition) is 2. The Hall–Kier alpha value is -1.82. The molecule has 0 aliphatic heterocycles. The fourth-order valence-electron chi connectivity index (χ4n) is 1.78. The number of hydrogen-bond acceptors (Lipinski definition) is 3. The van der Waals surface area contributed by atoms with Gasteiger partial charge in [0.05, 0.1) is 0 Å². The highest BCUT2D eigenvalue weighted by Gasteiger charge is 2.12. The van der Waals surface area contributed by atoms with Crippen LogP contribution in [0.5, 0.6) is 0 Å². The zero-order valence-electron chi connectivity index (χ0n) is 11.9. The van der Waals surface area contributed by atoms with E-state index in [4.69, 9.17) is 4.42 Å². The molecule has 0 spiro atoms. The summed E-state index contributed by atoms with van der Waals surface area (Å²) in [6, 6.07) is 7.24. The van der Waals surface area contributed by atoms with Crippen molar-refractivity contribution in [3.05, 3.63) is 34.5 Å². The summed E-state index contributed by atoms with van der Waals surface area (Å²) in [4.78, 5) is 23.3. The molecule has 5 nitrogen and oxygen atoms in total. The third-order valence-electron chi connectivity index (χ3n) is 2.94. The minimum atomic E-state index is -0.291. The maximum atomic E-state index is 11.9. The second-order valence-corrected chi connectivity index (χ2v) is 5.91. The monoisotopic (exact) mass is 352 g/mol. The van der Waals surface area contributed by atoms with Gasteiger partial charge in [0.25, 0.3) is 5.91 Å². The van der Waals surface area contributed by atoms with E-state index in [1.165, 1.54) is 0 Å². The van der Waals surface area contributed by atoms with Gasteiger partial charge >= 0.3 is 0 Å². The Morgan fingerprint density at radius 1 is 1.19 bits per heavy atom. The zero-order valence-corrected chi connectivity index (χ0v) is 13.5. The van der Waals surface area contributed by atoms with E-state index in [1.807, 2.05) is 26.0 Å². The fraction of sp³-hybridized carbons (Fsp3) is 0.333. The number of nitrogens with one attached hydrogen (secondary N) is 2. The first-order valence-electron chi connectivity index (χ1n) is 6.72. The van der Waals surface area contributed by atoms with Crippen molar-refractivity contribution in [3.63, 3.8) is 0 Å². The molecule has 6 heteroatoms. The Morgan fingerprint density at radius 3 is 2.62 bits per heavy atom. The Labute approximate surface area is 131 Å². The molecular formula is C15H17BrN2O3. The van der Waals surface area contributed by atoms with Crippen LogP contribution < -0.4 is 10.6 Å². The summed E-state index contributed by atoms with van der Waals surface area (Å²) in [5.41, 5.74) is 0.663. The van der Waals surface area contributed by atoms with E-state index in [2.05, 4.69) is 26.6 Å². The zero-order chi connectivity index (χ0) is 15.4. The molecule has 0 aliphatic rings.